The first-order valence-corrected chi connectivity index (χ1v) is 13.3. The standard InChI is InChI=1S/C27H45NO11/c1-28-7-8-31-9-10-32-11-12-33-13-14-34-15-16-35-17-18-36-19-20-37-21-22-38-23-24-39-27(30)26(29)25-5-3-2-4-6-25/h2-6,28H,7-24H2,1H3. The van der Waals surface area contributed by atoms with Gasteiger partial charge in [-0.3, -0.25) is 4.79 Å². The van der Waals surface area contributed by atoms with Crippen molar-refractivity contribution in [3.8, 4) is 0 Å². The first-order chi connectivity index (χ1) is 19.3. The van der Waals surface area contributed by atoms with Crippen LogP contribution in [-0.4, -0.2) is 138 Å². The molecular weight excluding hydrogens is 514 g/mol. The lowest BCUT2D eigenvalue weighted by Gasteiger charge is -2.09. The molecule has 12 heteroatoms. The second-order valence-corrected chi connectivity index (χ2v) is 7.83. The summed E-state index contributed by atoms with van der Waals surface area (Å²) in [7, 11) is 1.89. The van der Waals surface area contributed by atoms with E-state index in [0.29, 0.717) is 105 Å². The summed E-state index contributed by atoms with van der Waals surface area (Å²) in [4.78, 5) is 23.5. The highest BCUT2D eigenvalue weighted by Gasteiger charge is 2.17. The van der Waals surface area contributed by atoms with Gasteiger partial charge in [-0.1, -0.05) is 30.3 Å². The van der Waals surface area contributed by atoms with Crippen molar-refractivity contribution >= 4 is 11.8 Å². The summed E-state index contributed by atoms with van der Waals surface area (Å²) in [6.45, 7) is 8.49. The molecule has 0 amide bonds. The van der Waals surface area contributed by atoms with Gasteiger partial charge in [-0.15, -0.1) is 0 Å². The van der Waals surface area contributed by atoms with Crippen molar-refractivity contribution in [2.45, 2.75) is 0 Å². The Morgan fingerprint density at radius 1 is 0.513 bits per heavy atom. The molecule has 1 N–H and O–H groups in total. The van der Waals surface area contributed by atoms with E-state index in [1.54, 1.807) is 30.3 Å². The van der Waals surface area contributed by atoms with Crippen LogP contribution in [0, 0.1) is 0 Å². The Labute approximate surface area is 231 Å². The summed E-state index contributed by atoms with van der Waals surface area (Å²) in [6.07, 6.45) is 0. The van der Waals surface area contributed by atoms with Crippen molar-refractivity contribution in [1.29, 1.82) is 0 Å². The van der Waals surface area contributed by atoms with E-state index in [1.807, 2.05) is 7.05 Å². The van der Waals surface area contributed by atoms with Crippen molar-refractivity contribution in [2.75, 3.05) is 126 Å². The fraction of sp³-hybridized carbons (Fsp3) is 0.704. The Kier molecular flexibility index (Phi) is 24.8. The van der Waals surface area contributed by atoms with Crippen LogP contribution < -0.4 is 5.32 Å². The number of carbonyl (C=O) groups is 2. The molecule has 0 saturated carbocycles. The Bertz CT molecular complexity index is 694. The molecule has 0 heterocycles. The molecule has 1 rings (SSSR count). The molecule has 0 bridgehead atoms. The minimum absolute atomic E-state index is 0.00321. The van der Waals surface area contributed by atoms with Gasteiger partial charge in [-0.25, -0.2) is 4.79 Å². The van der Waals surface area contributed by atoms with Crippen molar-refractivity contribution in [3.05, 3.63) is 35.9 Å². The summed E-state index contributed by atoms with van der Waals surface area (Å²) >= 11 is 0. The van der Waals surface area contributed by atoms with E-state index in [9.17, 15) is 9.59 Å². The van der Waals surface area contributed by atoms with Crippen LogP contribution in [0.4, 0.5) is 0 Å². The highest BCUT2D eigenvalue weighted by molar-refractivity contribution is 6.40. The van der Waals surface area contributed by atoms with E-state index >= 15 is 0 Å². The van der Waals surface area contributed by atoms with Crippen LogP contribution in [-0.2, 0) is 47.4 Å². The maximum atomic E-state index is 11.9. The van der Waals surface area contributed by atoms with Gasteiger partial charge in [-0.05, 0) is 7.05 Å². The van der Waals surface area contributed by atoms with E-state index < -0.39 is 11.8 Å². The minimum Gasteiger partial charge on any atom is -0.457 e. The molecule has 0 saturated heterocycles. The molecule has 0 fully saturated rings. The highest BCUT2D eigenvalue weighted by atomic mass is 16.6. The summed E-state index contributed by atoms with van der Waals surface area (Å²) in [6, 6.07) is 8.26. The lowest BCUT2D eigenvalue weighted by atomic mass is 10.1. The lowest BCUT2D eigenvalue weighted by Crippen LogP contribution is -2.20. The topological polar surface area (TPSA) is 129 Å². The summed E-state index contributed by atoms with van der Waals surface area (Å²) < 4.78 is 48.1. The number of ether oxygens (including phenoxy) is 9. The normalized spacial score (nSPS) is 11.1. The fourth-order valence-electron chi connectivity index (χ4n) is 2.78. The Balaban J connectivity index is 1.70. The molecule has 0 aliphatic rings. The number of ketones is 1. The van der Waals surface area contributed by atoms with Gasteiger partial charge in [0.1, 0.15) is 6.61 Å². The highest BCUT2D eigenvalue weighted by Crippen LogP contribution is 2.01. The van der Waals surface area contributed by atoms with Crippen LogP contribution in [0.5, 0.6) is 0 Å². The van der Waals surface area contributed by atoms with Gasteiger partial charge in [0, 0.05) is 12.1 Å². The molecule has 224 valence electrons. The maximum Gasteiger partial charge on any atom is 0.379 e. The van der Waals surface area contributed by atoms with Crippen LogP contribution in [0.1, 0.15) is 10.4 Å². The van der Waals surface area contributed by atoms with Gasteiger partial charge in [0.05, 0.1) is 106 Å². The van der Waals surface area contributed by atoms with Crippen molar-refractivity contribution < 1.29 is 52.2 Å². The third-order valence-corrected chi connectivity index (χ3v) is 4.78. The molecule has 1 aromatic rings. The molecule has 0 atom stereocenters. The van der Waals surface area contributed by atoms with Crippen molar-refractivity contribution in [1.82, 2.24) is 5.32 Å². The number of esters is 1. The first kappa shape index (κ1) is 35.0. The predicted octanol–water partition coefficient (Wildman–Crippen LogP) is 0.765. The molecule has 0 unspecified atom stereocenters. The zero-order valence-electron chi connectivity index (χ0n) is 23.1. The largest absolute Gasteiger partial charge is 0.457 e. The molecule has 0 spiro atoms. The number of rotatable bonds is 29. The number of hydrogen-bond acceptors (Lipinski definition) is 12. The van der Waals surface area contributed by atoms with Crippen LogP contribution in [0.3, 0.4) is 0 Å². The molecule has 0 radical (unpaired) electrons. The summed E-state index contributed by atoms with van der Waals surface area (Å²) in [5.74, 6) is -1.56. The van der Waals surface area contributed by atoms with Crippen LogP contribution in [0.15, 0.2) is 30.3 Å². The number of Topliss-reactive ketones (excluding diaryl/α,β-unsaturated/α-hetero) is 1. The Hall–Kier alpha value is -2.00. The molecule has 0 aromatic heterocycles. The third kappa shape index (κ3) is 22.5. The maximum absolute atomic E-state index is 11.9. The van der Waals surface area contributed by atoms with Crippen LogP contribution in [0.25, 0.3) is 0 Å². The zero-order valence-corrected chi connectivity index (χ0v) is 23.1. The van der Waals surface area contributed by atoms with Gasteiger partial charge in [0.2, 0.25) is 0 Å². The average Bonchev–Trinajstić information content (AvgIpc) is 2.96. The smallest absolute Gasteiger partial charge is 0.379 e. The first-order valence-electron chi connectivity index (χ1n) is 13.3. The number of nitrogens with one attached hydrogen (secondary N) is 1. The van der Waals surface area contributed by atoms with E-state index in [1.165, 1.54) is 0 Å². The Morgan fingerprint density at radius 2 is 0.846 bits per heavy atom. The fourth-order valence-corrected chi connectivity index (χ4v) is 2.78. The third-order valence-electron chi connectivity index (χ3n) is 4.78. The quantitative estimate of drug-likeness (QED) is 0.0644. The van der Waals surface area contributed by atoms with E-state index in [2.05, 4.69) is 5.32 Å². The predicted molar refractivity (Wildman–Crippen MR) is 142 cm³/mol. The summed E-state index contributed by atoms with van der Waals surface area (Å²) in [5, 5.41) is 3.01. The molecule has 12 nitrogen and oxygen atoms in total. The second-order valence-electron chi connectivity index (χ2n) is 7.83. The van der Waals surface area contributed by atoms with Gasteiger partial charge in [0.25, 0.3) is 5.78 Å². The van der Waals surface area contributed by atoms with Gasteiger partial charge >= 0.3 is 5.97 Å². The number of benzene rings is 1. The lowest BCUT2D eigenvalue weighted by molar-refractivity contribution is -0.139. The monoisotopic (exact) mass is 559 g/mol. The van der Waals surface area contributed by atoms with Crippen LogP contribution >= 0.6 is 0 Å². The number of hydrogen-bond donors (Lipinski definition) is 1. The Morgan fingerprint density at radius 3 is 1.21 bits per heavy atom. The average molecular weight is 560 g/mol. The second kappa shape index (κ2) is 27.6. The van der Waals surface area contributed by atoms with Gasteiger partial charge in [0.15, 0.2) is 0 Å². The number of likely N-dealkylation sites (N-methyl/N-ethyl adjacent to an activating group) is 1. The van der Waals surface area contributed by atoms with E-state index in [-0.39, 0.29) is 13.2 Å². The molecule has 1 aromatic carbocycles. The minimum atomic E-state index is -0.893. The number of carbonyl (C=O) groups excluding carboxylic acids is 2. The molecule has 39 heavy (non-hydrogen) atoms. The molecular formula is C27H45NO11. The zero-order chi connectivity index (χ0) is 28.1. The van der Waals surface area contributed by atoms with Gasteiger partial charge < -0.3 is 47.9 Å². The summed E-state index contributed by atoms with van der Waals surface area (Å²) in [5.41, 5.74) is 0.299. The van der Waals surface area contributed by atoms with Crippen LogP contribution in [0.2, 0.25) is 0 Å². The van der Waals surface area contributed by atoms with Gasteiger partial charge in [-0.2, -0.15) is 0 Å². The van der Waals surface area contributed by atoms with E-state index in [0.717, 1.165) is 6.54 Å². The molecule has 0 aliphatic heterocycles. The SMILES string of the molecule is CNCCOCCOCCOCCOCCOCCOCCOCCOCCOC(=O)C(=O)c1ccccc1. The van der Waals surface area contributed by atoms with Crippen molar-refractivity contribution in [2.24, 2.45) is 0 Å². The van der Waals surface area contributed by atoms with E-state index in [4.69, 9.17) is 42.6 Å². The molecule has 0 aliphatic carbocycles. The van der Waals surface area contributed by atoms with Crippen molar-refractivity contribution in [3.63, 3.8) is 0 Å².